The number of hydrogen-bond donors (Lipinski definition) is 0. The van der Waals surface area contributed by atoms with Crippen LogP contribution in [-0.4, -0.2) is 4.21 Å². The molecule has 1 heteroatoms. The summed E-state index contributed by atoms with van der Waals surface area (Å²) in [7, 11) is 0. The summed E-state index contributed by atoms with van der Waals surface area (Å²) in [6.07, 6.45) is 19.0. The predicted molar refractivity (Wildman–Crippen MR) is 186 cm³/mol. The van der Waals surface area contributed by atoms with Crippen LogP contribution in [0.3, 0.4) is 0 Å². The number of allylic oxidation sites excluding steroid dienone is 6. The van der Waals surface area contributed by atoms with Gasteiger partial charge in [0, 0.05) is 5.41 Å². The second-order valence-electron chi connectivity index (χ2n) is 13.9. The van der Waals surface area contributed by atoms with Gasteiger partial charge in [0.2, 0.25) is 0 Å². The molecule has 1 atom stereocenters. The number of rotatable bonds is 0. The molecule has 224 valence electrons. The van der Waals surface area contributed by atoms with Gasteiger partial charge < -0.3 is 7.43 Å². The zero-order valence-corrected chi connectivity index (χ0v) is 30.5. The van der Waals surface area contributed by atoms with Crippen LogP contribution < -0.4 is 0 Å². The zero-order chi connectivity index (χ0) is 30.9. The molecule has 0 aromatic heterocycles. The van der Waals surface area contributed by atoms with Crippen LogP contribution >= 0.6 is 0 Å². The molecule has 0 fully saturated rings. The van der Waals surface area contributed by atoms with Crippen molar-refractivity contribution in [1.82, 2.24) is 0 Å². The largest absolute Gasteiger partial charge is 0.358 e. The van der Waals surface area contributed by atoms with Crippen molar-refractivity contribution in [1.29, 1.82) is 0 Å². The summed E-state index contributed by atoms with van der Waals surface area (Å²) < 4.78 is 3.34. The van der Waals surface area contributed by atoms with E-state index < -0.39 is 0 Å². The molecule has 0 bridgehead atoms. The molecule has 0 N–H and O–H groups in total. The van der Waals surface area contributed by atoms with Crippen molar-refractivity contribution < 1.29 is 24.2 Å². The van der Waals surface area contributed by atoms with Gasteiger partial charge in [-0.05, 0) is 45.9 Å². The Bertz CT molecular complexity index is 1490. The molecule has 43 heavy (non-hydrogen) atoms. The molecule has 0 spiro atoms. The number of aryl methyl sites for hydroxylation is 1. The van der Waals surface area contributed by atoms with E-state index in [-0.39, 0.29) is 18.3 Å². The summed E-state index contributed by atoms with van der Waals surface area (Å²) in [6, 6.07) is 20.5. The van der Waals surface area contributed by atoms with Crippen molar-refractivity contribution in [2.24, 2.45) is 11.3 Å². The van der Waals surface area contributed by atoms with Crippen LogP contribution in [0.2, 0.25) is 0 Å². The average molecular weight is 644 g/mol. The van der Waals surface area contributed by atoms with Crippen LogP contribution in [0.25, 0.3) is 23.3 Å². The Kier molecular flexibility index (Phi) is 11.0. The Hall–Kier alpha value is -2.63. The molecule has 0 nitrogen and oxygen atoms in total. The van der Waals surface area contributed by atoms with Crippen LogP contribution in [0, 0.1) is 43.9 Å². The topological polar surface area (TPSA) is 0 Å². The number of benzene rings is 3. The fourth-order valence-electron chi connectivity index (χ4n) is 5.93. The van der Waals surface area contributed by atoms with Crippen LogP contribution in [0.15, 0.2) is 72.3 Å². The molecular formula is C42H48Zr-4. The fourth-order valence-corrected chi connectivity index (χ4v) is 5.93. The Morgan fingerprint density at radius 3 is 1.93 bits per heavy atom. The molecule has 0 saturated heterocycles. The van der Waals surface area contributed by atoms with Gasteiger partial charge in [0.1, 0.15) is 0 Å². The van der Waals surface area contributed by atoms with Gasteiger partial charge >= 0.3 is 28.4 Å². The summed E-state index contributed by atoms with van der Waals surface area (Å²) in [4.78, 5) is 0. The maximum absolute atomic E-state index is 3.50. The van der Waals surface area contributed by atoms with Crippen molar-refractivity contribution in [3.8, 4) is 11.1 Å². The normalized spacial score (nSPS) is 18.2. The molecule has 0 aliphatic heterocycles. The van der Waals surface area contributed by atoms with E-state index in [0.29, 0.717) is 11.3 Å². The molecule has 3 aromatic carbocycles. The van der Waals surface area contributed by atoms with E-state index in [0.717, 1.165) is 6.42 Å². The summed E-state index contributed by atoms with van der Waals surface area (Å²) in [5.41, 5.74) is 14.7. The molecule has 0 amide bonds. The first-order valence-electron chi connectivity index (χ1n) is 15.0. The third kappa shape index (κ3) is 7.73. The van der Waals surface area contributed by atoms with Gasteiger partial charge in [-0.25, -0.2) is 12.2 Å². The summed E-state index contributed by atoms with van der Waals surface area (Å²) in [5, 5.41) is 0. The Morgan fingerprint density at radius 1 is 0.860 bits per heavy atom. The second kappa shape index (κ2) is 13.6. The molecule has 4 aliphatic carbocycles. The van der Waals surface area contributed by atoms with Gasteiger partial charge in [-0.15, -0.1) is 11.6 Å². The maximum atomic E-state index is 3.50. The van der Waals surface area contributed by atoms with E-state index in [1.165, 1.54) is 79.9 Å². The minimum absolute atomic E-state index is 0. The number of hydrogen-bond acceptors (Lipinski definition) is 0. The van der Waals surface area contributed by atoms with E-state index in [1.54, 1.807) is 0 Å². The Morgan fingerprint density at radius 2 is 1.44 bits per heavy atom. The molecule has 3 aromatic rings. The average Bonchev–Trinajstić information content (AvgIpc) is 3.68. The van der Waals surface area contributed by atoms with Gasteiger partial charge in [0.25, 0.3) is 0 Å². The first-order chi connectivity index (χ1) is 19.7. The van der Waals surface area contributed by atoms with Gasteiger partial charge in [0.15, 0.2) is 0 Å². The van der Waals surface area contributed by atoms with E-state index in [1.807, 2.05) is 24.3 Å². The first kappa shape index (κ1) is 34.9. The SMILES string of the molecule is CC1(C)[C-]=Cc2cc3c(cc21)Cc1cc2c(cc1-3)C=CC2(C)C.CC1[C-]=CC(C(C)(C)C)=C1.Cc1cc[c-]cc1.[CH2]=[Zr].[CH3-]. The van der Waals surface area contributed by atoms with E-state index in [2.05, 4.69) is 139 Å². The standard InChI is InChI=1S/C23H21.C10H15.C7H7.CH3.CH2.Zr/c1-22(2)7-5-14-10-18-16(12-20(14)22)9-17-13-21-15(11-19(17)18)6-8-23(21,3)4;1-8-5-6-9(7-8)10(2,3)4;1-7-5-3-2-4-6-7;;;/h5-7,10-13H,9H2,1-4H3;6-8H,1-4H3;3-6H,1H3;1H3;1H2;/q4*-1;;. The molecule has 1 unspecified atom stereocenters. The quantitative estimate of drug-likeness (QED) is 0.167. The van der Waals surface area contributed by atoms with E-state index in [4.69, 9.17) is 0 Å². The van der Waals surface area contributed by atoms with E-state index >= 15 is 0 Å². The van der Waals surface area contributed by atoms with E-state index in [9.17, 15) is 0 Å². The van der Waals surface area contributed by atoms with Gasteiger partial charge in [0.05, 0.1) is 0 Å². The van der Waals surface area contributed by atoms with Crippen LogP contribution in [-0.2, 0) is 41.5 Å². The van der Waals surface area contributed by atoms with Crippen molar-refractivity contribution in [2.45, 2.75) is 79.6 Å². The summed E-state index contributed by atoms with van der Waals surface area (Å²) >= 11 is 1.30. The van der Waals surface area contributed by atoms with Crippen molar-refractivity contribution in [3.63, 3.8) is 0 Å². The third-order valence-corrected chi connectivity index (χ3v) is 8.54. The van der Waals surface area contributed by atoms with Crippen LogP contribution in [0.1, 0.15) is 94.3 Å². The monoisotopic (exact) mass is 642 g/mol. The first-order valence-corrected chi connectivity index (χ1v) is 16.7. The van der Waals surface area contributed by atoms with Crippen molar-refractivity contribution in [2.75, 3.05) is 0 Å². The molecule has 0 heterocycles. The summed E-state index contributed by atoms with van der Waals surface area (Å²) in [6.45, 7) is 20.0. The minimum atomic E-state index is 0. The Balaban J connectivity index is 0.000000211. The zero-order valence-electron chi connectivity index (χ0n) is 28.0. The maximum Gasteiger partial charge on any atom is -0.358 e. The summed E-state index contributed by atoms with van der Waals surface area (Å²) in [5.74, 6) is 0.522. The van der Waals surface area contributed by atoms with Crippen LogP contribution in [0.4, 0.5) is 0 Å². The number of fused-ring (bicyclic) bond motifs is 5. The van der Waals surface area contributed by atoms with Crippen molar-refractivity contribution in [3.05, 3.63) is 137 Å². The van der Waals surface area contributed by atoms with Gasteiger partial charge in [-0.2, -0.15) is 53.1 Å². The van der Waals surface area contributed by atoms with Crippen molar-refractivity contribution >= 4 is 16.4 Å². The fraction of sp³-hybridized carbons (Fsp3) is 0.333. The smallest absolute Gasteiger partial charge is 0.358 e. The molecule has 7 rings (SSSR count). The third-order valence-electron chi connectivity index (χ3n) is 8.54. The Labute approximate surface area is 278 Å². The molecular weight excluding hydrogens is 596 g/mol. The molecule has 4 aliphatic rings. The molecule has 0 radical (unpaired) electrons. The van der Waals surface area contributed by atoms with Gasteiger partial charge in [-0.3, -0.25) is 12.2 Å². The molecule has 0 saturated carbocycles. The van der Waals surface area contributed by atoms with Gasteiger partial charge in [-0.1, -0.05) is 103 Å². The van der Waals surface area contributed by atoms with Crippen LogP contribution in [0.5, 0.6) is 0 Å². The second-order valence-corrected chi connectivity index (χ2v) is 13.9. The predicted octanol–water partition coefficient (Wildman–Crippen LogP) is 10.8. The minimum Gasteiger partial charge on any atom is -0.358 e.